The summed E-state index contributed by atoms with van der Waals surface area (Å²) in [5, 5.41) is 0.494. The molecule has 7 heteroatoms. The van der Waals surface area contributed by atoms with Crippen molar-refractivity contribution in [2.75, 3.05) is 27.3 Å². The zero-order valence-corrected chi connectivity index (χ0v) is 16.0. The van der Waals surface area contributed by atoms with Gasteiger partial charge in [-0.15, -0.1) is 6.42 Å². The highest BCUT2D eigenvalue weighted by Crippen LogP contribution is 2.37. The van der Waals surface area contributed by atoms with Crippen LogP contribution >= 0.6 is 28.1 Å². The van der Waals surface area contributed by atoms with Crippen LogP contribution in [-0.4, -0.2) is 48.1 Å². The van der Waals surface area contributed by atoms with E-state index < -0.39 is 0 Å². The fraction of sp³-hybridized carbons (Fsp3) is 0.294. The lowest BCUT2D eigenvalue weighted by atomic mass is 10.1. The van der Waals surface area contributed by atoms with E-state index in [9.17, 15) is 4.79 Å². The van der Waals surface area contributed by atoms with Gasteiger partial charge in [0.25, 0.3) is 5.91 Å². The molecule has 0 atom stereocenters. The maximum Gasteiger partial charge on any atom is 0.276 e. The molecule has 1 heterocycles. The molecule has 24 heavy (non-hydrogen) atoms. The maximum atomic E-state index is 12.4. The van der Waals surface area contributed by atoms with Gasteiger partial charge in [-0.3, -0.25) is 9.69 Å². The van der Waals surface area contributed by atoms with Gasteiger partial charge in [-0.2, -0.15) is 0 Å². The standard InChI is InChI=1S/C17H17BrN2O3S/c1-5-7-23-15-12(18)8-11(10-14(15)22-4)9-13-16(21)20(6-2)17(24)19(13)3/h1,8-10H,6-7H2,2-4H3. The van der Waals surface area contributed by atoms with Gasteiger partial charge in [0.05, 0.1) is 11.6 Å². The molecule has 0 aliphatic carbocycles. The van der Waals surface area contributed by atoms with Gasteiger partial charge in [0, 0.05) is 13.6 Å². The van der Waals surface area contributed by atoms with Crippen molar-refractivity contribution in [3.05, 3.63) is 27.9 Å². The predicted molar refractivity (Wildman–Crippen MR) is 101 cm³/mol. The minimum atomic E-state index is -0.118. The van der Waals surface area contributed by atoms with Gasteiger partial charge in [-0.05, 0) is 58.8 Å². The molecule has 1 saturated heterocycles. The molecule has 1 aromatic carbocycles. The van der Waals surface area contributed by atoms with Crippen LogP contribution in [0.5, 0.6) is 11.5 Å². The molecule has 0 bridgehead atoms. The monoisotopic (exact) mass is 408 g/mol. The normalized spacial score (nSPS) is 15.9. The van der Waals surface area contributed by atoms with Crippen molar-refractivity contribution >= 4 is 45.2 Å². The molecule has 0 aromatic heterocycles. The molecule has 0 saturated carbocycles. The van der Waals surface area contributed by atoms with Gasteiger partial charge in [0.1, 0.15) is 12.3 Å². The van der Waals surface area contributed by atoms with Crippen molar-refractivity contribution in [3.8, 4) is 23.8 Å². The number of halogens is 1. The average Bonchev–Trinajstić information content (AvgIpc) is 2.76. The second-order valence-corrected chi connectivity index (χ2v) is 6.17. The fourth-order valence-corrected chi connectivity index (χ4v) is 3.21. The molecule has 2 rings (SSSR count). The highest BCUT2D eigenvalue weighted by molar-refractivity contribution is 9.10. The molecule has 1 amide bonds. The Morgan fingerprint density at radius 1 is 1.46 bits per heavy atom. The van der Waals surface area contributed by atoms with Crippen LogP contribution in [-0.2, 0) is 4.79 Å². The van der Waals surface area contributed by atoms with E-state index in [1.165, 1.54) is 0 Å². The number of benzene rings is 1. The number of carbonyl (C=O) groups excluding carboxylic acids is 1. The zero-order chi connectivity index (χ0) is 17.9. The first-order valence-electron chi connectivity index (χ1n) is 7.19. The van der Waals surface area contributed by atoms with Crippen molar-refractivity contribution in [1.29, 1.82) is 0 Å². The first-order chi connectivity index (χ1) is 11.4. The third kappa shape index (κ3) is 3.40. The van der Waals surface area contributed by atoms with Crippen molar-refractivity contribution < 1.29 is 14.3 Å². The molecule has 5 nitrogen and oxygen atoms in total. The summed E-state index contributed by atoms with van der Waals surface area (Å²) >= 11 is 8.74. The van der Waals surface area contributed by atoms with Gasteiger partial charge in [0.15, 0.2) is 16.6 Å². The molecule has 0 spiro atoms. The molecule has 0 radical (unpaired) electrons. The Balaban J connectivity index is 2.43. The number of likely N-dealkylation sites (N-methyl/N-ethyl adjacent to an activating group) is 2. The van der Waals surface area contributed by atoms with Crippen LogP contribution in [0.15, 0.2) is 22.3 Å². The van der Waals surface area contributed by atoms with Gasteiger partial charge in [-0.25, -0.2) is 0 Å². The highest BCUT2D eigenvalue weighted by atomic mass is 79.9. The average molecular weight is 409 g/mol. The van der Waals surface area contributed by atoms with Gasteiger partial charge in [0.2, 0.25) is 0 Å². The molecule has 1 aromatic rings. The van der Waals surface area contributed by atoms with E-state index in [0.29, 0.717) is 33.3 Å². The van der Waals surface area contributed by atoms with Crippen molar-refractivity contribution in [1.82, 2.24) is 9.80 Å². The lowest BCUT2D eigenvalue weighted by molar-refractivity contribution is -0.122. The summed E-state index contributed by atoms with van der Waals surface area (Å²) in [6.45, 7) is 2.56. The number of carbonyl (C=O) groups is 1. The van der Waals surface area contributed by atoms with Crippen molar-refractivity contribution in [3.63, 3.8) is 0 Å². The van der Waals surface area contributed by atoms with Crippen LogP contribution in [0.2, 0.25) is 0 Å². The number of terminal acetylenes is 1. The minimum absolute atomic E-state index is 0.118. The quantitative estimate of drug-likeness (QED) is 0.425. The van der Waals surface area contributed by atoms with E-state index in [4.69, 9.17) is 28.1 Å². The Morgan fingerprint density at radius 3 is 2.71 bits per heavy atom. The molecular weight excluding hydrogens is 392 g/mol. The van der Waals surface area contributed by atoms with Crippen molar-refractivity contribution in [2.24, 2.45) is 0 Å². The Morgan fingerprint density at radius 2 is 2.17 bits per heavy atom. The Labute approximate surface area is 155 Å². The van der Waals surface area contributed by atoms with Crippen molar-refractivity contribution in [2.45, 2.75) is 6.92 Å². The molecule has 126 valence electrons. The van der Waals surface area contributed by atoms with Gasteiger partial charge < -0.3 is 14.4 Å². The number of hydrogen-bond acceptors (Lipinski definition) is 4. The highest BCUT2D eigenvalue weighted by Gasteiger charge is 2.34. The number of nitrogens with zero attached hydrogens (tertiary/aromatic N) is 2. The zero-order valence-electron chi connectivity index (χ0n) is 13.6. The number of hydrogen-bond donors (Lipinski definition) is 0. The Kier molecular flexibility index (Phi) is 5.86. The molecular formula is C17H17BrN2O3S. The number of methoxy groups -OCH3 is 1. The molecule has 0 unspecified atom stereocenters. The largest absolute Gasteiger partial charge is 0.493 e. The SMILES string of the molecule is C#CCOc1c(Br)cc(C=C2C(=O)N(CC)C(=S)N2C)cc1OC. The van der Waals surface area contributed by atoms with E-state index in [1.807, 2.05) is 13.0 Å². The summed E-state index contributed by atoms with van der Waals surface area (Å²) < 4.78 is 11.5. The molecule has 1 aliphatic heterocycles. The maximum absolute atomic E-state index is 12.4. The van der Waals surface area contributed by atoms with E-state index in [0.717, 1.165) is 5.56 Å². The summed E-state index contributed by atoms with van der Waals surface area (Å²) in [6.07, 6.45) is 6.99. The lowest BCUT2D eigenvalue weighted by Gasteiger charge is -2.14. The van der Waals surface area contributed by atoms with Gasteiger partial charge >= 0.3 is 0 Å². The van der Waals surface area contributed by atoms with E-state index in [2.05, 4.69) is 21.9 Å². The summed E-state index contributed by atoms with van der Waals surface area (Å²) in [4.78, 5) is 15.7. The second-order valence-electron chi connectivity index (χ2n) is 4.95. The Hall–Kier alpha value is -2.04. The Bertz CT molecular complexity index is 755. The van der Waals surface area contributed by atoms with E-state index >= 15 is 0 Å². The van der Waals surface area contributed by atoms with Crippen LogP contribution in [0.3, 0.4) is 0 Å². The molecule has 0 N–H and O–H groups in total. The third-order valence-corrected chi connectivity index (χ3v) is 4.60. The number of amides is 1. The third-order valence-electron chi connectivity index (χ3n) is 3.51. The van der Waals surface area contributed by atoms with Crippen LogP contribution in [0, 0.1) is 12.3 Å². The van der Waals surface area contributed by atoms with Crippen LogP contribution in [0.25, 0.3) is 6.08 Å². The smallest absolute Gasteiger partial charge is 0.276 e. The second kappa shape index (κ2) is 7.69. The molecule has 1 aliphatic rings. The van der Waals surface area contributed by atoms with Crippen LogP contribution in [0.4, 0.5) is 0 Å². The van der Waals surface area contributed by atoms with Gasteiger partial charge in [-0.1, -0.05) is 5.92 Å². The topological polar surface area (TPSA) is 42.0 Å². The first kappa shape index (κ1) is 18.3. The molecule has 1 fully saturated rings. The number of thiocarbonyl (C=S) groups is 1. The first-order valence-corrected chi connectivity index (χ1v) is 8.39. The van der Waals surface area contributed by atoms with E-state index in [-0.39, 0.29) is 12.5 Å². The van der Waals surface area contributed by atoms with Crippen LogP contribution in [0.1, 0.15) is 12.5 Å². The van der Waals surface area contributed by atoms with E-state index in [1.54, 1.807) is 36.1 Å². The lowest BCUT2D eigenvalue weighted by Crippen LogP contribution is -2.30. The predicted octanol–water partition coefficient (Wildman–Crippen LogP) is 2.89. The summed E-state index contributed by atoms with van der Waals surface area (Å²) in [6, 6.07) is 3.61. The summed E-state index contributed by atoms with van der Waals surface area (Å²) in [5.41, 5.74) is 1.29. The number of ether oxygens (including phenoxy) is 2. The minimum Gasteiger partial charge on any atom is -0.493 e. The fourth-order valence-electron chi connectivity index (χ4n) is 2.33. The summed E-state index contributed by atoms with van der Waals surface area (Å²) in [7, 11) is 3.32. The number of rotatable bonds is 5. The van der Waals surface area contributed by atoms with Crippen LogP contribution < -0.4 is 9.47 Å². The summed E-state index contributed by atoms with van der Waals surface area (Å²) in [5.74, 6) is 3.34.